The van der Waals surface area contributed by atoms with Crippen LogP contribution in [0.4, 0.5) is 5.69 Å². The van der Waals surface area contributed by atoms with Crippen LogP contribution in [0.15, 0.2) is 36.4 Å². The summed E-state index contributed by atoms with van der Waals surface area (Å²) in [6, 6.07) is 11.5. The van der Waals surface area contributed by atoms with Gasteiger partial charge in [-0.25, -0.2) is 0 Å². The van der Waals surface area contributed by atoms with Gasteiger partial charge in [-0.1, -0.05) is 23.7 Å². The Morgan fingerprint density at radius 3 is 2.74 bits per heavy atom. The van der Waals surface area contributed by atoms with Crippen LogP contribution in [0.25, 0.3) is 0 Å². The summed E-state index contributed by atoms with van der Waals surface area (Å²) in [5, 5.41) is 3.87. The van der Waals surface area contributed by atoms with Crippen LogP contribution in [-0.4, -0.2) is 17.1 Å². The first kappa shape index (κ1) is 19.5. The Bertz CT molecular complexity index is 872. The standard InChI is InChI=1S/C20H22ClN3O2S/c1-12-6-8-16(21)11-18(12)22-20(27)24-23-19(25)13(2)26-17-9-7-14-4-3-5-15(14)10-17/h6-11,13H,3-5H2,1-2H3,(H,23,25)(H2,22,24,27)/t13-/m0/s1. The van der Waals surface area contributed by atoms with Crippen LogP contribution in [0.5, 0.6) is 5.75 Å². The lowest BCUT2D eigenvalue weighted by Crippen LogP contribution is -2.48. The molecule has 2 aromatic carbocycles. The number of halogens is 1. The molecule has 5 nitrogen and oxygen atoms in total. The largest absolute Gasteiger partial charge is 0.481 e. The Morgan fingerprint density at radius 2 is 1.93 bits per heavy atom. The Kier molecular flexibility index (Phi) is 6.19. The van der Waals surface area contributed by atoms with Gasteiger partial charge in [0.05, 0.1) is 0 Å². The van der Waals surface area contributed by atoms with Gasteiger partial charge in [-0.3, -0.25) is 15.6 Å². The summed E-state index contributed by atoms with van der Waals surface area (Å²) in [5.74, 6) is 0.385. The molecule has 3 N–H and O–H groups in total. The molecule has 0 saturated heterocycles. The highest BCUT2D eigenvalue weighted by atomic mass is 35.5. The number of benzene rings is 2. The van der Waals surface area contributed by atoms with Crippen LogP contribution < -0.4 is 20.9 Å². The van der Waals surface area contributed by atoms with E-state index < -0.39 is 6.10 Å². The van der Waals surface area contributed by atoms with Crippen LogP contribution in [0.1, 0.15) is 30.0 Å². The van der Waals surface area contributed by atoms with Gasteiger partial charge in [0.15, 0.2) is 11.2 Å². The maximum atomic E-state index is 12.3. The zero-order chi connectivity index (χ0) is 19.4. The van der Waals surface area contributed by atoms with Crippen molar-refractivity contribution in [3.8, 4) is 5.75 Å². The second-order valence-corrected chi connectivity index (χ2v) is 7.42. The number of carbonyl (C=O) groups is 1. The second kappa shape index (κ2) is 8.59. The molecule has 142 valence electrons. The van der Waals surface area contributed by atoms with E-state index in [1.165, 1.54) is 17.5 Å². The van der Waals surface area contributed by atoms with Crippen molar-refractivity contribution in [2.45, 2.75) is 39.2 Å². The van der Waals surface area contributed by atoms with Crippen LogP contribution in [0, 0.1) is 6.92 Å². The predicted molar refractivity (Wildman–Crippen MR) is 112 cm³/mol. The van der Waals surface area contributed by atoms with Crippen LogP contribution in [0.2, 0.25) is 5.02 Å². The fourth-order valence-electron chi connectivity index (χ4n) is 2.98. The molecular weight excluding hydrogens is 382 g/mol. The molecule has 0 fully saturated rings. The van der Waals surface area contributed by atoms with Gasteiger partial charge >= 0.3 is 0 Å². The Balaban J connectivity index is 1.49. The molecule has 27 heavy (non-hydrogen) atoms. The van der Waals surface area contributed by atoms with Crippen molar-refractivity contribution in [1.29, 1.82) is 0 Å². The number of rotatable bonds is 4. The first-order valence-corrected chi connectivity index (χ1v) is 9.62. The normalized spacial score (nSPS) is 13.4. The zero-order valence-corrected chi connectivity index (χ0v) is 16.8. The van der Waals surface area contributed by atoms with Crippen LogP contribution in [0.3, 0.4) is 0 Å². The number of thiocarbonyl (C=S) groups is 1. The summed E-state index contributed by atoms with van der Waals surface area (Å²) in [6.07, 6.45) is 2.70. The molecule has 2 aromatic rings. The Hall–Kier alpha value is -2.31. The second-order valence-electron chi connectivity index (χ2n) is 6.57. The third-order valence-corrected chi connectivity index (χ3v) is 4.94. The smallest absolute Gasteiger partial charge is 0.279 e. The van der Waals surface area contributed by atoms with Crippen LogP contribution >= 0.6 is 23.8 Å². The van der Waals surface area contributed by atoms with Crippen molar-refractivity contribution in [3.63, 3.8) is 0 Å². The number of aryl methyl sites for hydroxylation is 3. The summed E-state index contributed by atoms with van der Waals surface area (Å²) in [7, 11) is 0. The van der Waals surface area contributed by atoms with E-state index in [1.807, 2.05) is 25.1 Å². The number of ether oxygens (including phenoxy) is 1. The predicted octanol–water partition coefficient (Wildman–Crippen LogP) is 3.92. The molecule has 1 amide bonds. The molecule has 0 heterocycles. The number of hydrazine groups is 1. The lowest BCUT2D eigenvalue weighted by molar-refractivity contribution is -0.127. The molecule has 1 atom stereocenters. The summed E-state index contributed by atoms with van der Waals surface area (Å²) in [5.41, 5.74) is 9.68. The van der Waals surface area contributed by atoms with Gasteiger partial charge in [0.2, 0.25) is 0 Å². The molecule has 1 aliphatic rings. The molecule has 7 heteroatoms. The number of nitrogens with one attached hydrogen (secondary N) is 3. The average molecular weight is 404 g/mol. The molecule has 1 aliphatic carbocycles. The maximum absolute atomic E-state index is 12.3. The molecule has 0 bridgehead atoms. The summed E-state index contributed by atoms with van der Waals surface area (Å²) in [4.78, 5) is 12.3. The minimum Gasteiger partial charge on any atom is -0.481 e. The minimum atomic E-state index is -0.660. The van der Waals surface area contributed by atoms with E-state index in [4.69, 9.17) is 28.6 Å². The fourth-order valence-corrected chi connectivity index (χ4v) is 3.31. The monoisotopic (exact) mass is 403 g/mol. The van der Waals surface area contributed by atoms with E-state index in [9.17, 15) is 4.79 Å². The third-order valence-electron chi connectivity index (χ3n) is 4.50. The van der Waals surface area contributed by atoms with E-state index in [0.29, 0.717) is 10.8 Å². The molecule has 0 saturated carbocycles. The van der Waals surface area contributed by atoms with Gasteiger partial charge in [-0.2, -0.15) is 0 Å². The van der Waals surface area contributed by atoms with Crippen molar-refractivity contribution < 1.29 is 9.53 Å². The van der Waals surface area contributed by atoms with Gasteiger partial charge in [0.1, 0.15) is 5.75 Å². The minimum absolute atomic E-state index is 0.262. The van der Waals surface area contributed by atoms with E-state index in [-0.39, 0.29) is 11.0 Å². The molecule has 0 radical (unpaired) electrons. The molecular formula is C20H22ClN3O2S. The number of anilines is 1. The highest BCUT2D eigenvalue weighted by molar-refractivity contribution is 7.80. The van der Waals surface area contributed by atoms with E-state index in [1.54, 1.807) is 19.1 Å². The average Bonchev–Trinajstić information content (AvgIpc) is 3.10. The first-order chi connectivity index (χ1) is 12.9. The molecule has 0 aliphatic heterocycles. The van der Waals surface area contributed by atoms with E-state index in [0.717, 1.165) is 24.1 Å². The lowest BCUT2D eigenvalue weighted by Gasteiger charge is -2.17. The van der Waals surface area contributed by atoms with Crippen molar-refractivity contribution >= 4 is 40.5 Å². The van der Waals surface area contributed by atoms with E-state index >= 15 is 0 Å². The van der Waals surface area contributed by atoms with Gasteiger partial charge in [0.25, 0.3) is 5.91 Å². The Labute approximate surface area is 169 Å². The summed E-state index contributed by atoms with van der Waals surface area (Å²) in [6.45, 7) is 3.63. The van der Waals surface area contributed by atoms with Crippen molar-refractivity contribution in [2.24, 2.45) is 0 Å². The molecule has 0 spiro atoms. The molecule has 0 unspecified atom stereocenters. The summed E-state index contributed by atoms with van der Waals surface area (Å²) < 4.78 is 5.75. The first-order valence-electron chi connectivity index (χ1n) is 8.84. The highest BCUT2D eigenvalue weighted by Crippen LogP contribution is 2.26. The van der Waals surface area contributed by atoms with Gasteiger partial charge < -0.3 is 10.1 Å². The topological polar surface area (TPSA) is 62.4 Å². The lowest BCUT2D eigenvalue weighted by atomic mass is 10.1. The molecule has 3 rings (SSSR count). The number of fused-ring (bicyclic) bond motifs is 1. The summed E-state index contributed by atoms with van der Waals surface area (Å²) >= 11 is 11.2. The van der Waals surface area contributed by atoms with Crippen molar-refractivity contribution in [3.05, 3.63) is 58.1 Å². The number of carbonyl (C=O) groups excluding carboxylic acids is 1. The zero-order valence-electron chi connectivity index (χ0n) is 15.3. The fraction of sp³-hybridized carbons (Fsp3) is 0.300. The maximum Gasteiger partial charge on any atom is 0.279 e. The van der Waals surface area contributed by atoms with Crippen LogP contribution in [-0.2, 0) is 17.6 Å². The van der Waals surface area contributed by atoms with Gasteiger partial charge in [-0.15, -0.1) is 0 Å². The van der Waals surface area contributed by atoms with Gasteiger partial charge in [0, 0.05) is 10.7 Å². The van der Waals surface area contributed by atoms with E-state index in [2.05, 4.69) is 22.2 Å². The number of amides is 1. The number of hydrogen-bond donors (Lipinski definition) is 3. The Morgan fingerprint density at radius 1 is 1.15 bits per heavy atom. The quantitative estimate of drug-likeness (QED) is 0.533. The SMILES string of the molecule is Cc1ccc(Cl)cc1NC(=S)NNC(=O)[C@H](C)Oc1ccc2c(c1)CCC2. The van der Waals surface area contributed by atoms with Crippen molar-refractivity contribution in [2.75, 3.05) is 5.32 Å². The van der Waals surface area contributed by atoms with Gasteiger partial charge in [-0.05, 0) is 86.3 Å². The number of hydrogen-bond acceptors (Lipinski definition) is 3. The third kappa shape index (κ3) is 5.11. The highest BCUT2D eigenvalue weighted by Gasteiger charge is 2.17. The van der Waals surface area contributed by atoms with Crippen molar-refractivity contribution in [1.82, 2.24) is 10.9 Å². The molecule has 0 aromatic heterocycles.